The molecule has 1 atom stereocenters. The number of nitrogens with one attached hydrogen (secondary N) is 1. The number of carbonyl (C=O) groups excluding carboxylic acids is 2. The van der Waals surface area contributed by atoms with Crippen molar-refractivity contribution >= 4 is 17.6 Å². The van der Waals surface area contributed by atoms with Gasteiger partial charge in [0.25, 0.3) is 5.69 Å². The number of rotatable bonds is 5. The molecule has 9 nitrogen and oxygen atoms in total. The highest BCUT2D eigenvalue weighted by Crippen LogP contribution is 2.41. The number of nitro groups is 1. The molecule has 0 bridgehead atoms. The lowest BCUT2D eigenvalue weighted by Gasteiger charge is -2.29. The number of allylic oxidation sites excluding steroid dienone is 1. The average molecular weight is 361 g/mol. The Balaban J connectivity index is 2.77. The predicted octanol–water partition coefficient (Wildman–Crippen LogP) is 1.46. The van der Waals surface area contributed by atoms with E-state index in [1.807, 2.05) is 0 Å². The van der Waals surface area contributed by atoms with E-state index < -0.39 is 22.8 Å². The normalized spacial score (nSPS) is 16.8. The van der Waals surface area contributed by atoms with Crippen LogP contribution in [0.3, 0.4) is 0 Å². The Morgan fingerprint density at radius 1 is 1.27 bits per heavy atom. The lowest BCUT2D eigenvalue weighted by molar-refractivity contribution is -0.385. The molecule has 138 valence electrons. The third-order valence-corrected chi connectivity index (χ3v) is 3.94. The fraction of sp³-hybridized carbons (Fsp3) is 0.294. The van der Waals surface area contributed by atoms with Gasteiger partial charge in [0.2, 0.25) is 0 Å². The Hall–Kier alpha value is -3.36. The summed E-state index contributed by atoms with van der Waals surface area (Å²) >= 11 is 0. The van der Waals surface area contributed by atoms with Crippen molar-refractivity contribution in [2.75, 3.05) is 13.7 Å². The fourth-order valence-electron chi connectivity index (χ4n) is 2.88. The van der Waals surface area contributed by atoms with Crippen molar-refractivity contribution in [2.24, 2.45) is 5.73 Å². The number of hydrogen-bond acceptors (Lipinski definition) is 8. The van der Waals surface area contributed by atoms with E-state index in [0.29, 0.717) is 5.70 Å². The summed E-state index contributed by atoms with van der Waals surface area (Å²) in [5, 5.41) is 14.2. The molecule has 3 N–H and O–H groups in total. The number of para-hydroxylation sites is 1. The first-order valence-electron chi connectivity index (χ1n) is 7.79. The summed E-state index contributed by atoms with van der Waals surface area (Å²) in [6.07, 6.45) is 0. The first-order valence-corrected chi connectivity index (χ1v) is 7.79. The quantitative estimate of drug-likeness (QED) is 0.457. The SMILES string of the molecule is CCOC(=O)C1=C(N)NC(C)=C(C(=O)OC)C1c1ccccc1[N+](=O)[O-]. The summed E-state index contributed by atoms with van der Waals surface area (Å²) in [6.45, 7) is 3.27. The van der Waals surface area contributed by atoms with Crippen LogP contribution in [0.15, 0.2) is 46.9 Å². The molecule has 1 aromatic rings. The van der Waals surface area contributed by atoms with Crippen LogP contribution in [0.2, 0.25) is 0 Å². The number of nitrogens with zero attached hydrogens (tertiary/aromatic N) is 1. The van der Waals surface area contributed by atoms with E-state index in [1.54, 1.807) is 19.9 Å². The first-order chi connectivity index (χ1) is 12.3. The number of benzene rings is 1. The second-order valence-corrected chi connectivity index (χ2v) is 5.45. The Labute approximate surface area is 149 Å². The van der Waals surface area contributed by atoms with Crippen LogP contribution in [-0.4, -0.2) is 30.6 Å². The molecule has 0 aliphatic carbocycles. The minimum absolute atomic E-state index is 0.0308. The van der Waals surface area contributed by atoms with Gasteiger partial charge in [0.1, 0.15) is 5.82 Å². The van der Waals surface area contributed by atoms with Crippen LogP contribution >= 0.6 is 0 Å². The van der Waals surface area contributed by atoms with Crippen molar-refractivity contribution in [3.63, 3.8) is 0 Å². The molecule has 1 aliphatic heterocycles. The van der Waals surface area contributed by atoms with Crippen LogP contribution in [0.1, 0.15) is 25.3 Å². The zero-order chi connectivity index (χ0) is 19.4. The molecule has 1 heterocycles. The highest BCUT2D eigenvalue weighted by atomic mass is 16.6. The minimum atomic E-state index is -1.09. The highest BCUT2D eigenvalue weighted by molar-refractivity contribution is 6.00. The van der Waals surface area contributed by atoms with Crippen LogP contribution in [0.4, 0.5) is 5.69 Å². The van der Waals surface area contributed by atoms with Crippen molar-refractivity contribution in [1.82, 2.24) is 5.32 Å². The molecule has 2 rings (SSSR count). The number of methoxy groups -OCH3 is 1. The number of nitrogens with two attached hydrogens (primary N) is 1. The van der Waals surface area contributed by atoms with E-state index >= 15 is 0 Å². The molecule has 0 spiro atoms. The number of hydrogen-bond donors (Lipinski definition) is 2. The summed E-state index contributed by atoms with van der Waals surface area (Å²) in [5.74, 6) is -2.62. The van der Waals surface area contributed by atoms with Gasteiger partial charge in [-0.3, -0.25) is 10.1 Å². The number of ether oxygens (including phenoxy) is 2. The molecule has 0 saturated heterocycles. The lowest BCUT2D eigenvalue weighted by atomic mass is 9.80. The van der Waals surface area contributed by atoms with Crippen molar-refractivity contribution in [3.05, 3.63) is 62.6 Å². The third kappa shape index (κ3) is 3.37. The van der Waals surface area contributed by atoms with Gasteiger partial charge < -0.3 is 20.5 Å². The Morgan fingerprint density at radius 2 is 1.92 bits per heavy atom. The number of dihydropyridines is 1. The van der Waals surface area contributed by atoms with Crippen molar-refractivity contribution in [1.29, 1.82) is 0 Å². The number of carbonyl (C=O) groups is 2. The zero-order valence-corrected chi connectivity index (χ0v) is 14.6. The highest BCUT2D eigenvalue weighted by Gasteiger charge is 2.41. The second-order valence-electron chi connectivity index (χ2n) is 5.45. The van der Waals surface area contributed by atoms with Gasteiger partial charge in [-0.15, -0.1) is 0 Å². The van der Waals surface area contributed by atoms with Crippen LogP contribution in [0, 0.1) is 10.1 Å². The Morgan fingerprint density at radius 3 is 2.50 bits per heavy atom. The average Bonchev–Trinajstić information content (AvgIpc) is 2.60. The van der Waals surface area contributed by atoms with Gasteiger partial charge in [0.15, 0.2) is 0 Å². The topological polar surface area (TPSA) is 134 Å². The van der Waals surface area contributed by atoms with Gasteiger partial charge in [0.05, 0.1) is 35.7 Å². The van der Waals surface area contributed by atoms with E-state index in [2.05, 4.69) is 5.32 Å². The van der Waals surface area contributed by atoms with E-state index in [9.17, 15) is 19.7 Å². The molecule has 0 fully saturated rings. The lowest BCUT2D eigenvalue weighted by Crippen LogP contribution is -2.36. The molecule has 1 aliphatic rings. The van der Waals surface area contributed by atoms with Crippen molar-refractivity contribution in [2.45, 2.75) is 19.8 Å². The van der Waals surface area contributed by atoms with Gasteiger partial charge in [0, 0.05) is 17.3 Å². The maximum absolute atomic E-state index is 12.5. The Bertz CT molecular complexity index is 828. The smallest absolute Gasteiger partial charge is 0.338 e. The third-order valence-electron chi connectivity index (χ3n) is 3.94. The molecule has 26 heavy (non-hydrogen) atoms. The summed E-state index contributed by atoms with van der Waals surface area (Å²) < 4.78 is 9.85. The first kappa shape index (κ1) is 19.0. The van der Waals surface area contributed by atoms with Gasteiger partial charge in [-0.05, 0) is 13.8 Å². The van der Waals surface area contributed by atoms with E-state index in [1.165, 1.54) is 25.3 Å². The summed E-state index contributed by atoms with van der Waals surface area (Å²) in [7, 11) is 1.19. The largest absolute Gasteiger partial charge is 0.466 e. The molecule has 0 amide bonds. The Kier molecular flexibility index (Phi) is 5.61. The van der Waals surface area contributed by atoms with Crippen molar-refractivity contribution < 1.29 is 24.0 Å². The molecule has 1 aromatic carbocycles. The second kappa shape index (κ2) is 7.68. The van der Waals surface area contributed by atoms with Gasteiger partial charge in [-0.2, -0.15) is 0 Å². The summed E-state index contributed by atoms with van der Waals surface area (Å²) in [6, 6.07) is 5.83. The molecule has 9 heteroatoms. The molecule has 0 radical (unpaired) electrons. The number of esters is 2. The molecule has 1 unspecified atom stereocenters. The van der Waals surface area contributed by atoms with Crippen LogP contribution < -0.4 is 11.1 Å². The van der Waals surface area contributed by atoms with E-state index in [0.717, 1.165) is 0 Å². The van der Waals surface area contributed by atoms with Gasteiger partial charge in [-0.25, -0.2) is 9.59 Å². The molecular weight excluding hydrogens is 342 g/mol. The van der Waals surface area contributed by atoms with Gasteiger partial charge in [-0.1, -0.05) is 18.2 Å². The maximum atomic E-state index is 12.5. The maximum Gasteiger partial charge on any atom is 0.338 e. The van der Waals surface area contributed by atoms with Crippen LogP contribution in [0.25, 0.3) is 0 Å². The van der Waals surface area contributed by atoms with Crippen molar-refractivity contribution in [3.8, 4) is 0 Å². The van der Waals surface area contributed by atoms with Crippen LogP contribution in [0.5, 0.6) is 0 Å². The summed E-state index contributed by atoms with van der Waals surface area (Å²) in [4.78, 5) is 35.7. The zero-order valence-electron chi connectivity index (χ0n) is 14.6. The van der Waals surface area contributed by atoms with E-state index in [-0.39, 0.29) is 34.8 Å². The molecule has 0 aromatic heterocycles. The monoisotopic (exact) mass is 361 g/mol. The standard InChI is InChI=1S/C17H19N3O6/c1-4-26-17(22)14-13(10-7-5-6-8-11(10)20(23)24)12(16(21)25-3)9(2)19-15(14)18/h5-8,13,19H,4,18H2,1-3H3. The number of nitro benzene ring substituents is 1. The molecular formula is C17H19N3O6. The van der Waals surface area contributed by atoms with Crippen LogP contribution in [-0.2, 0) is 19.1 Å². The predicted molar refractivity (Wildman–Crippen MR) is 91.5 cm³/mol. The fourth-order valence-corrected chi connectivity index (χ4v) is 2.88. The summed E-state index contributed by atoms with van der Waals surface area (Å²) in [5.41, 5.74) is 6.18. The minimum Gasteiger partial charge on any atom is -0.466 e. The van der Waals surface area contributed by atoms with Gasteiger partial charge >= 0.3 is 11.9 Å². The molecule has 0 saturated carbocycles. The van der Waals surface area contributed by atoms with E-state index in [4.69, 9.17) is 15.2 Å².